The van der Waals surface area contributed by atoms with Gasteiger partial charge in [0.25, 0.3) is 0 Å². The van der Waals surface area contributed by atoms with Gasteiger partial charge in [-0.25, -0.2) is 4.39 Å². The van der Waals surface area contributed by atoms with E-state index >= 15 is 0 Å². The fraction of sp³-hybridized carbons (Fsp3) is 0.833. The Morgan fingerprint density at radius 1 is 1.29 bits per heavy atom. The average Bonchev–Trinajstić information content (AvgIpc) is 2.23. The van der Waals surface area contributed by atoms with Gasteiger partial charge in [0.15, 0.2) is 5.83 Å². The highest BCUT2D eigenvalue weighted by atomic mass is 19.2. The zero-order chi connectivity index (χ0) is 12.6. The van der Waals surface area contributed by atoms with Gasteiger partial charge in [-0.1, -0.05) is 14.4 Å². The minimum Gasteiger partial charge on any atom is -0.472 e. The summed E-state index contributed by atoms with van der Waals surface area (Å²) in [6, 6.07) is -1.15. The molecule has 0 aliphatic carbocycles. The first-order valence-electron chi connectivity index (χ1n) is 5.14. The zero-order valence-electron chi connectivity index (χ0n) is 10.3. The van der Waals surface area contributed by atoms with E-state index in [-0.39, 0.29) is 7.43 Å². The maximum absolute atomic E-state index is 11.5. The van der Waals surface area contributed by atoms with Crippen LogP contribution in [0.25, 0.3) is 0 Å². The summed E-state index contributed by atoms with van der Waals surface area (Å²) >= 11 is 0. The van der Waals surface area contributed by atoms with Crippen molar-refractivity contribution in [2.75, 3.05) is 34.0 Å². The Hall–Kier alpha value is -0.680. The van der Waals surface area contributed by atoms with Crippen LogP contribution >= 0.6 is 0 Å². The third-order valence-electron chi connectivity index (χ3n) is 2.47. The van der Waals surface area contributed by atoms with Crippen LogP contribution in [0.3, 0.4) is 0 Å². The van der Waals surface area contributed by atoms with Gasteiger partial charge in [0.2, 0.25) is 0 Å². The van der Waals surface area contributed by atoms with Crippen LogP contribution in [0.15, 0.2) is 11.8 Å². The van der Waals surface area contributed by atoms with Crippen LogP contribution in [-0.2, 0) is 14.2 Å². The summed E-state index contributed by atoms with van der Waals surface area (Å²) in [7, 11) is 2.81. The summed E-state index contributed by atoms with van der Waals surface area (Å²) in [5.74, 6) is -0.928. The Labute approximate surface area is 103 Å². The van der Waals surface area contributed by atoms with Gasteiger partial charge in [-0.3, -0.25) is 0 Å². The Bertz CT molecular complexity index is 216. The van der Waals surface area contributed by atoms with Crippen molar-refractivity contribution in [2.45, 2.75) is 27.7 Å². The minimum absolute atomic E-state index is 0. The van der Waals surface area contributed by atoms with Gasteiger partial charge in [-0.05, 0) is 13.3 Å². The molecule has 0 radical (unpaired) electrons. The zero-order valence-corrected chi connectivity index (χ0v) is 10.3. The van der Waals surface area contributed by atoms with E-state index in [4.69, 9.17) is 9.47 Å². The SMILES string of the molecule is C.CCC1(COC)COC1.CO/C(F)=C(\C)F. The maximum Gasteiger partial charge on any atom is 0.304 e. The number of methoxy groups -OCH3 is 2. The molecule has 1 aliphatic rings. The monoisotopic (exact) mass is 254 g/mol. The third kappa shape index (κ3) is 6.58. The molecule has 0 aromatic rings. The summed E-state index contributed by atoms with van der Waals surface area (Å²) in [5, 5.41) is 0. The fourth-order valence-corrected chi connectivity index (χ4v) is 1.23. The van der Waals surface area contributed by atoms with Crippen LogP contribution in [0.1, 0.15) is 27.7 Å². The number of hydrogen-bond donors (Lipinski definition) is 0. The van der Waals surface area contributed by atoms with E-state index in [1.54, 1.807) is 7.11 Å². The fourth-order valence-electron chi connectivity index (χ4n) is 1.23. The van der Waals surface area contributed by atoms with Crippen LogP contribution in [0.4, 0.5) is 8.78 Å². The molecule has 0 bridgehead atoms. The number of hydrogen-bond acceptors (Lipinski definition) is 3. The first-order chi connectivity index (χ1) is 7.51. The summed E-state index contributed by atoms with van der Waals surface area (Å²) in [6.07, 6.45) is 1.17. The lowest BCUT2D eigenvalue weighted by Crippen LogP contribution is -2.45. The lowest BCUT2D eigenvalue weighted by atomic mass is 9.84. The second-order valence-corrected chi connectivity index (χ2v) is 3.79. The molecule has 0 saturated carbocycles. The largest absolute Gasteiger partial charge is 0.472 e. The summed E-state index contributed by atoms with van der Waals surface area (Å²) in [6.45, 7) is 5.79. The summed E-state index contributed by atoms with van der Waals surface area (Å²) in [4.78, 5) is 0. The quantitative estimate of drug-likeness (QED) is 0.719. The lowest BCUT2D eigenvalue weighted by molar-refractivity contribution is -0.144. The van der Waals surface area contributed by atoms with Crippen molar-refractivity contribution in [3.63, 3.8) is 0 Å². The van der Waals surface area contributed by atoms with Crippen molar-refractivity contribution in [1.82, 2.24) is 0 Å². The predicted octanol–water partition coefficient (Wildman–Crippen LogP) is 3.46. The Balaban J connectivity index is 0. The second-order valence-electron chi connectivity index (χ2n) is 3.79. The molecule has 17 heavy (non-hydrogen) atoms. The molecule has 0 spiro atoms. The molecular weight excluding hydrogens is 230 g/mol. The molecule has 1 heterocycles. The van der Waals surface area contributed by atoms with E-state index in [0.717, 1.165) is 33.9 Å². The molecule has 0 aromatic heterocycles. The van der Waals surface area contributed by atoms with Gasteiger partial charge in [-0.15, -0.1) is 0 Å². The Morgan fingerprint density at radius 3 is 1.88 bits per heavy atom. The van der Waals surface area contributed by atoms with Crippen LogP contribution < -0.4 is 0 Å². The molecule has 0 aromatic carbocycles. The topological polar surface area (TPSA) is 27.7 Å². The van der Waals surface area contributed by atoms with Crippen LogP contribution in [0, 0.1) is 5.41 Å². The highest BCUT2D eigenvalue weighted by molar-refractivity contribution is 4.86. The second kappa shape index (κ2) is 9.36. The Kier molecular flexibility index (Phi) is 10.3. The number of allylic oxidation sites excluding steroid dienone is 1. The molecule has 0 amide bonds. The smallest absolute Gasteiger partial charge is 0.304 e. The van der Waals surface area contributed by atoms with E-state index in [0.29, 0.717) is 5.41 Å². The highest BCUT2D eigenvalue weighted by Crippen LogP contribution is 2.30. The molecule has 0 unspecified atom stereocenters. The maximum atomic E-state index is 11.5. The molecule has 3 nitrogen and oxygen atoms in total. The van der Waals surface area contributed by atoms with Gasteiger partial charge < -0.3 is 14.2 Å². The van der Waals surface area contributed by atoms with Gasteiger partial charge >= 0.3 is 6.01 Å². The van der Waals surface area contributed by atoms with Gasteiger partial charge in [0.05, 0.1) is 26.9 Å². The van der Waals surface area contributed by atoms with Crippen LogP contribution in [0.5, 0.6) is 0 Å². The first kappa shape index (κ1) is 18.7. The summed E-state index contributed by atoms with van der Waals surface area (Å²) in [5.41, 5.74) is 0.370. The molecule has 1 aliphatic heterocycles. The lowest BCUT2D eigenvalue weighted by Gasteiger charge is -2.39. The normalized spacial score (nSPS) is 17.8. The molecule has 1 fully saturated rings. The number of ether oxygens (including phenoxy) is 3. The van der Waals surface area contributed by atoms with E-state index in [9.17, 15) is 8.78 Å². The molecule has 0 atom stereocenters. The standard InChI is InChI=1S/C7H14O2.C4H6F2O.CH4/c1-3-7(4-8-2)5-9-6-7;1-3(5)4(6)7-2;/h3-6H2,1-2H3;1-2H3;1H4/b;4-3+;. The third-order valence-corrected chi connectivity index (χ3v) is 2.47. The minimum atomic E-state index is -1.15. The van der Waals surface area contributed by atoms with Gasteiger partial charge in [0.1, 0.15) is 0 Å². The summed E-state index contributed by atoms with van der Waals surface area (Å²) < 4.78 is 37.0. The van der Waals surface area contributed by atoms with E-state index in [1.165, 1.54) is 6.42 Å². The van der Waals surface area contributed by atoms with E-state index < -0.39 is 11.8 Å². The molecule has 5 heteroatoms. The number of halogens is 2. The molecule has 104 valence electrons. The number of rotatable bonds is 4. The van der Waals surface area contributed by atoms with E-state index in [1.807, 2.05) is 0 Å². The molecular formula is C12H24F2O3. The highest BCUT2D eigenvalue weighted by Gasteiger charge is 2.36. The molecule has 1 saturated heterocycles. The van der Waals surface area contributed by atoms with Gasteiger partial charge in [-0.2, -0.15) is 4.39 Å². The van der Waals surface area contributed by atoms with Gasteiger partial charge in [0, 0.05) is 12.5 Å². The van der Waals surface area contributed by atoms with Crippen molar-refractivity contribution in [3.8, 4) is 0 Å². The van der Waals surface area contributed by atoms with Crippen molar-refractivity contribution >= 4 is 0 Å². The predicted molar refractivity (Wildman–Crippen MR) is 64.1 cm³/mol. The van der Waals surface area contributed by atoms with Crippen molar-refractivity contribution in [2.24, 2.45) is 5.41 Å². The molecule has 1 rings (SSSR count). The average molecular weight is 254 g/mol. The van der Waals surface area contributed by atoms with Crippen molar-refractivity contribution in [1.29, 1.82) is 0 Å². The van der Waals surface area contributed by atoms with Crippen molar-refractivity contribution in [3.05, 3.63) is 11.8 Å². The van der Waals surface area contributed by atoms with E-state index in [2.05, 4.69) is 11.7 Å². The first-order valence-corrected chi connectivity index (χ1v) is 5.14. The molecule has 0 N–H and O–H groups in total. The van der Waals surface area contributed by atoms with Crippen molar-refractivity contribution < 1.29 is 23.0 Å². The van der Waals surface area contributed by atoms with Crippen LogP contribution in [-0.4, -0.2) is 34.0 Å². The Morgan fingerprint density at radius 2 is 1.82 bits per heavy atom. The van der Waals surface area contributed by atoms with Crippen LogP contribution in [0.2, 0.25) is 0 Å².